The van der Waals surface area contributed by atoms with E-state index in [1.807, 2.05) is 0 Å². The maximum absolute atomic E-state index is 12.8. The molecule has 1 unspecified atom stereocenters. The minimum atomic E-state index is -0.775. The van der Waals surface area contributed by atoms with Crippen molar-refractivity contribution in [3.05, 3.63) is 60.8 Å². The molecule has 0 rings (SSSR count). The van der Waals surface area contributed by atoms with E-state index in [9.17, 15) is 14.4 Å². The van der Waals surface area contributed by atoms with Crippen LogP contribution in [0.2, 0.25) is 0 Å². The average molecular weight is 909 g/mol. The first-order valence-electron chi connectivity index (χ1n) is 27.8. The van der Waals surface area contributed by atoms with Crippen LogP contribution in [0, 0.1) is 0 Å². The monoisotopic (exact) mass is 909 g/mol. The molecule has 0 heterocycles. The van der Waals surface area contributed by atoms with Gasteiger partial charge in [-0.1, -0.05) is 236 Å². The Hall–Kier alpha value is -2.89. The van der Waals surface area contributed by atoms with Crippen LogP contribution in [0.3, 0.4) is 0 Å². The Morgan fingerprint density at radius 1 is 0.323 bits per heavy atom. The largest absolute Gasteiger partial charge is 0.462 e. The highest BCUT2D eigenvalue weighted by Gasteiger charge is 2.19. The Morgan fingerprint density at radius 3 is 0.969 bits per heavy atom. The molecule has 65 heavy (non-hydrogen) atoms. The van der Waals surface area contributed by atoms with Crippen LogP contribution in [-0.2, 0) is 28.6 Å². The summed E-state index contributed by atoms with van der Waals surface area (Å²) in [5, 5.41) is 0. The summed E-state index contributed by atoms with van der Waals surface area (Å²) in [6.07, 6.45) is 66.5. The minimum absolute atomic E-state index is 0.0753. The van der Waals surface area contributed by atoms with Crippen molar-refractivity contribution >= 4 is 17.9 Å². The second-order valence-electron chi connectivity index (χ2n) is 18.5. The molecule has 6 nitrogen and oxygen atoms in total. The molecule has 0 amide bonds. The van der Waals surface area contributed by atoms with Gasteiger partial charge in [-0.3, -0.25) is 14.4 Å². The van der Waals surface area contributed by atoms with Gasteiger partial charge >= 0.3 is 17.9 Å². The van der Waals surface area contributed by atoms with E-state index in [0.29, 0.717) is 19.3 Å². The maximum Gasteiger partial charge on any atom is 0.306 e. The minimum Gasteiger partial charge on any atom is -0.462 e. The molecule has 6 heteroatoms. The molecule has 0 aliphatic heterocycles. The Labute approximate surface area is 402 Å². The lowest BCUT2D eigenvalue weighted by Gasteiger charge is -2.18. The van der Waals surface area contributed by atoms with Crippen molar-refractivity contribution in [1.29, 1.82) is 0 Å². The molecule has 1 atom stereocenters. The Morgan fingerprint density at radius 2 is 0.600 bits per heavy atom. The molecule has 0 aromatic heterocycles. The molecule has 0 aromatic carbocycles. The zero-order chi connectivity index (χ0) is 47.2. The number of carbonyl (C=O) groups excluding carboxylic acids is 3. The highest BCUT2D eigenvalue weighted by molar-refractivity contribution is 5.71. The van der Waals surface area contributed by atoms with Gasteiger partial charge in [-0.15, -0.1) is 0 Å². The van der Waals surface area contributed by atoms with Crippen molar-refractivity contribution in [1.82, 2.24) is 0 Å². The van der Waals surface area contributed by atoms with Gasteiger partial charge < -0.3 is 14.2 Å². The van der Waals surface area contributed by atoms with E-state index in [0.717, 1.165) is 96.3 Å². The summed E-state index contributed by atoms with van der Waals surface area (Å²) in [6, 6.07) is 0. The summed E-state index contributed by atoms with van der Waals surface area (Å²) in [5.41, 5.74) is 0. The van der Waals surface area contributed by atoms with Crippen LogP contribution >= 0.6 is 0 Å². The summed E-state index contributed by atoms with van der Waals surface area (Å²) in [7, 11) is 0. The molecule has 0 N–H and O–H groups in total. The third kappa shape index (κ3) is 51.9. The molecule has 0 aliphatic carbocycles. The molecule has 0 aliphatic rings. The van der Waals surface area contributed by atoms with Crippen LogP contribution < -0.4 is 0 Å². The van der Waals surface area contributed by atoms with Gasteiger partial charge in [0.2, 0.25) is 0 Å². The van der Waals surface area contributed by atoms with Gasteiger partial charge in [0.25, 0.3) is 0 Å². The standard InChI is InChI=1S/C59H104O6/c1-4-7-10-13-16-19-21-23-24-25-26-27-28-29-30-31-32-33-34-36-37-40-43-46-49-52-58(61)64-55-56(54-63-57(60)51-48-45-42-39-18-15-12-9-6-3)65-59(62)53-50-47-44-41-38-35-22-20-17-14-11-8-5-2/h7,10,16,19-20,22-24,26-27,56H,4-6,8-9,11-15,17-18,21,25,28-55H2,1-3H3/b10-7-,19-16-,22-20-,24-23-,27-26-. The van der Waals surface area contributed by atoms with E-state index in [2.05, 4.69) is 81.5 Å². The first kappa shape index (κ1) is 62.1. The predicted molar refractivity (Wildman–Crippen MR) is 279 cm³/mol. The van der Waals surface area contributed by atoms with Gasteiger partial charge in [-0.25, -0.2) is 0 Å². The molecule has 0 bridgehead atoms. The summed E-state index contributed by atoms with van der Waals surface area (Å²) >= 11 is 0. The number of hydrogen-bond acceptors (Lipinski definition) is 6. The fourth-order valence-electron chi connectivity index (χ4n) is 7.84. The van der Waals surface area contributed by atoms with Crippen molar-refractivity contribution in [2.24, 2.45) is 0 Å². The number of carbonyl (C=O) groups is 3. The van der Waals surface area contributed by atoms with Crippen LogP contribution in [0.15, 0.2) is 60.8 Å². The molecule has 0 spiro atoms. The zero-order valence-electron chi connectivity index (χ0n) is 43.0. The molecule has 0 saturated carbocycles. The zero-order valence-corrected chi connectivity index (χ0v) is 43.0. The number of rotatable bonds is 50. The summed E-state index contributed by atoms with van der Waals surface area (Å²) in [5.74, 6) is -0.881. The fraction of sp³-hybridized carbons (Fsp3) is 0.780. The highest BCUT2D eigenvalue weighted by atomic mass is 16.6. The van der Waals surface area contributed by atoms with Crippen molar-refractivity contribution < 1.29 is 28.6 Å². The number of unbranched alkanes of at least 4 members (excludes halogenated alkanes) is 29. The second-order valence-corrected chi connectivity index (χ2v) is 18.5. The first-order valence-corrected chi connectivity index (χ1v) is 27.8. The maximum atomic E-state index is 12.8. The second kappa shape index (κ2) is 53.7. The van der Waals surface area contributed by atoms with Gasteiger partial charge in [0.15, 0.2) is 6.10 Å². The van der Waals surface area contributed by atoms with Crippen molar-refractivity contribution in [2.75, 3.05) is 13.2 Å². The third-order valence-electron chi connectivity index (χ3n) is 12.0. The SMILES string of the molecule is CC/C=C\C/C=C\C/C=C\C/C=C\CCCCCCCCCCCCCCC(=O)OCC(COC(=O)CCCCCCCCCCC)OC(=O)CCCCCCC/C=C\CCCCCC. The molecule has 0 fully saturated rings. The van der Waals surface area contributed by atoms with Crippen molar-refractivity contribution in [2.45, 2.75) is 284 Å². The van der Waals surface area contributed by atoms with Crippen LogP contribution in [0.25, 0.3) is 0 Å². The van der Waals surface area contributed by atoms with Crippen LogP contribution in [0.1, 0.15) is 278 Å². The fourth-order valence-corrected chi connectivity index (χ4v) is 7.84. The summed E-state index contributed by atoms with van der Waals surface area (Å²) in [6.45, 7) is 6.50. The smallest absolute Gasteiger partial charge is 0.306 e. The molecular formula is C59H104O6. The molecule has 0 radical (unpaired) electrons. The van der Waals surface area contributed by atoms with E-state index in [-0.39, 0.29) is 31.1 Å². The van der Waals surface area contributed by atoms with Gasteiger partial charge in [0.05, 0.1) is 0 Å². The van der Waals surface area contributed by atoms with E-state index in [1.165, 1.54) is 141 Å². The molecule has 0 aromatic rings. The number of allylic oxidation sites excluding steroid dienone is 10. The lowest BCUT2D eigenvalue weighted by atomic mass is 10.0. The van der Waals surface area contributed by atoms with E-state index >= 15 is 0 Å². The van der Waals surface area contributed by atoms with Crippen LogP contribution in [0.5, 0.6) is 0 Å². The van der Waals surface area contributed by atoms with Crippen LogP contribution in [-0.4, -0.2) is 37.2 Å². The topological polar surface area (TPSA) is 78.9 Å². The van der Waals surface area contributed by atoms with Gasteiger partial charge in [0, 0.05) is 19.3 Å². The summed E-state index contributed by atoms with van der Waals surface area (Å²) in [4.78, 5) is 37.9. The van der Waals surface area contributed by atoms with Gasteiger partial charge in [-0.2, -0.15) is 0 Å². The molecular weight excluding hydrogens is 805 g/mol. The normalized spacial score (nSPS) is 12.5. The Bertz CT molecular complexity index is 1180. The quantitative estimate of drug-likeness (QED) is 0.0262. The summed E-state index contributed by atoms with van der Waals surface area (Å²) < 4.78 is 16.8. The molecule has 376 valence electrons. The van der Waals surface area contributed by atoms with Crippen molar-refractivity contribution in [3.63, 3.8) is 0 Å². The van der Waals surface area contributed by atoms with E-state index in [1.54, 1.807) is 0 Å². The highest BCUT2D eigenvalue weighted by Crippen LogP contribution is 2.15. The van der Waals surface area contributed by atoms with E-state index < -0.39 is 6.10 Å². The molecule has 0 saturated heterocycles. The first-order chi connectivity index (χ1) is 32.0. The lowest BCUT2D eigenvalue weighted by molar-refractivity contribution is -0.167. The van der Waals surface area contributed by atoms with Crippen LogP contribution in [0.4, 0.5) is 0 Å². The number of hydrogen-bond donors (Lipinski definition) is 0. The number of ether oxygens (including phenoxy) is 3. The van der Waals surface area contributed by atoms with E-state index in [4.69, 9.17) is 14.2 Å². The van der Waals surface area contributed by atoms with Gasteiger partial charge in [-0.05, 0) is 83.5 Å². The number of esters is 3. The Kier molecular flexibility index (Phi) is 51.3. The predicted octanol–water partition coefficient (Wildman–Crippen LogP) is 18.4. The van der Waals surface area contributed by atoms with Gasteiger partial charge in [0.1, 0.15) is 13.2 Å². The lowest BCUT2D eigenvalue weighted by Crippen LogP contribution is -2.30. The third-order valence-corrected chi connectivity index (χ3v) is 12.0. The van der Waals surface area contributed by atoms with Crippen molar-refractivity contribution in [3.8, 4) is 0 Å². The Balaban J connectivity index is 4.19. The average Bonchev–Trinajstić information content (AvgIpc) is 3.30.